The molecular formula is C17H20BFO2. The summed E-state index contributed by atoms with van der Waals surface area (Å²) in [6, 6.07) is 12.5. The van der Waals surface area contributed by atoms with Gasteiger partial charge in [0.05, 0.1) is 0 Å². The molecule has 21 heavy (non-hydrogen) atoms. The van der Waals surface area contributed by atoms with Crippen molar-refractivity contribution in [2.75, 3.05) is 0 Å². The van der Waals surface area contributed by atoms with Gasteiger partial charge in [-0.1, -0.05) is 62.2 Å². The van der Waals surface area contributed by atoms with Gasteiger partial charge in [0.15, 0.2) is 0 Å². The summed E-state index contributed by atoms with van der Waals surface area (Å²) in [6.07, 6.45) is 3.99. The van der Waals surface area contributed by atoms with E-state index in [-0.39, 0.29) is 5.46 Å². The molecule has 0 amide bonds. The van der Waals surface area contributed by atoms with Crippen molar-refractivity contribution in [3.63, 3.8) is 0 Å². The van der Waals surface area contributed by atoms with E-state index in [1.165, 1.54) is 6.07 Å². The predicted octanol–water partition coefficient (Wildman–Crippen LogP) is 2.91. The normalized spacial score (nSPS) is 10.7. The second-order valence-electron chi connectivity index (χ2n) is 5.20. The highest BCUT2D eigenvalue weighted by Gasteiger charge is 2.21. The third-order valence-electron chi connectivity index (χ3n) is 3.65. The van der Waals surface area contributed by atoms with Gasteiger partial charge in [-0.25, -0.2) is 4.39 Å². The molecule has 2 aromatic rings. The second kappa shape index (κ2) is 7.39. The van der Waals surface area contributed by atoms with Crippen molar-refractivity contribution in [2.45, 2.75) is 32.6 Å². The van der Waals surface area contributed by atoms with E-state index in [0.29, 0.717) is 5.56 Å². The summed E-state index contributed by atoms with van der Waals surface area (Å²) in [5.41, 5.74) is 2.09. The van der Waals surface area contributed by atoms with Crippen LogP contribution < -0.4 is 5.46 Å². The standard InChI is InChI=1S/C17H20BFO2/c1-2-3-5-8-14-11-12-15(18(20)21)17(19)16(14)13-9-6-4-7-10-13/h4,6-7,9-12,20-21H,2-3,5,8H2,1H3. The average Bonchev–Trinajstić information content (AvgIpc) is 2.48. The van der Waals surface area contributed by atoms with Gasteiger partial charge >= 0.3 is 7.12 Å². The summed E-state index contributed by atoms with van der Waals surface area (Å²) in [6.45, 7) is 2.13. The Hall–Kier alpha value is -1.65. The van der Waals surface area contributed by atoms with Crippen LogP contribution >= 0.6 is 0 Å². The zero-order valence-corrected chi connectivity index (χ0v) is 12.2. The summed E-state index contributed by atoms with van der Waals surface area (Å²) in [5, 5.41) is 18.6. The first-order valence-electron chi connectivity index (χ1n) is 7.38. The van der Waals surface area contributed by atoms with E-state index in [1.807, 2.05) is 30.3 Å². The van der Waals surface area contributed by atoms with E-state index in [9.17, 15) is 14.4 Å². The number of unbranched alkanes of at least 4 members (excludes halogenated alkanes) is 2. The number of hydrogen-bond acceptors (Lipinski definition) is 2. The van der Waals surface area contributed by atoms with Gasteiger partial charge in [-0.3, -0.25) is 0 Å². The van der Waals surface area contributed by atoms with E-state index < -0.39 is 12.9 Å². The van der Waals surface area contributed by atoms with Crippen LogP contribution in [0.4, 0.5) is 4.39 Å². The van der Waals surface area contributed by atoms with Crippen LogP contribution in [0.15, 0.2) is 42.5 Å². The van der Waals surface area contributed by atoms with Crippen LogP contribution in [0, 0.1) is 5.82 Å². The summed E-state index contributed by atoms with van der Waals surface area (Å²) in [4.78, 5) is 0. The van der Waals surface area contributed by atoms with Crippen molar-refractivity contribution in [3.05, 3.63) is 53.8 Å². The lowest BCUT2D eigenvalue weighted by molar-refractivity contribution is 0.423. The minimum atomic E-state index is -1.79. The fourth-order valence-corrected chi connectivity index (χ4v) is 2.52. The molecule has 0 spiro atoms. The molecule has 0 saturated heterocycles. The molecular weight excluding hydrogens is 266 g/mol. The molecule has 0 aliphatic heterocycles. The fourth-order valence-electron chi connectivity index (χ4n) is 2.52. The molecule has 2 N–H and O–H groups in total. The molecule has 0 aliphatic carbocycles. The van der Waals surface area contributed by atoms with Crippen LogP contribution in [0.2, 0.25) is 0 Å². The van der Waals surface area contributed by atoms with Gasteiger partial charge < -0.3 is 10.0 Å². The van der Waals surface area contributed by atoms with Gasteiger partial charge in [-0.15, -0.1) is 0 Å². The summed E-state index contributed by atoms with van der Waals surface area (Å²) in [5.74, 6) is -0.537. The molecule has 0 bridgehead atoms. The van der Waals surface area contributed by atoms with Crippen LogP contribution in [-0.2, 0) is 6.42 Å². The maximum atomic E-state index is 14.7. The largest absolute Gasteiger partial charge is 0.491 e. The topological polar surface area (TPSA) is 40.5 Å². The number of aryl methyl sites for hydroxylation is 1. The minimum absolute atomic E-state index is 0.0758. The Morgan fingerprint density at radius 3 is 2.33 bits per heavy atom. The molecule has 0 atom stereocenters. The molecule has 2 rings (SSSR count). The minimum Gasteiger partial charge on any atom is -0.423 e. The Kier molecular flexibility index (Phi) is 5.54. The van der Waals surface area contributed by atoms with Gasteiger partial charge in [0.1, 0.15) is 5.82 Å². The number of benzene rings is 2. The lowest BCUT2D eigenvalue weighted by Crippen LogP contribution is -2.33. The van der Waals surface area contributed by atoms with Crippen LogP contribution in [0.3, 0.4) is 0 Å². The predicted molar refractivity (Wildman–Crippen MR) is 84.9 cm³/mol. The van der Waals surface area contributed by atoms with Gasteiger partial charge in [-0.05, 0) is 24.0 Å². The zero-order chi connectivity index (χ0) is 15.2. The van der Waals surface area contributed by atoms with Crippen molar-refractivity contribution in [1.29, 1.82) is 0 Å². The molecule has 0 aliphatic rings. The highest BCUT2D eigenvalue weighted by Crippen LogP contribution is 2.27. The van der Waals surface area contributed by atoms with Gasteiger partial charge in [0.25, 0.3) is 0 Å². The van der Waals surface area contributed by atoms with Crippen molar-refractivity contribution in [1.82, 2.24) is 0 Å². The van der Waals surface area contributed by atoms with Crippen LogP contribution in [0.25, 0.3) is 11.1 Å². The number of halogens is 1. The van der Waals surface area contributed by atoms with Crippen molar-refractivity contribution in [3.8, 4) is 11.1 Å². The summed E-state index contributed by atoms with van der Waals surface area (Å²) < 4.78 is 14.7. The second-order valence-corrected chi connectivity index (χ2v) is 5.20. The molecule has 2 aromatic carbocycles. The molecule has 0 radical (unpaired) electrons. The van der Waals surface area contributed by atoms with Crippen LogP contribution in [-0.4, -0.2) is 17.2 Å². The lowest BCUT2D eigenvalue weighted by Gasteiger charge is -2.14. The first-order chi connectivity index (χ1) is 10.1. The van der Waals surface area contributed by atoms with Crippen molar-refractivity contribution >= 4 is 12.6 Å². The molecule has 0 heterocycles. The molecule has 2 nitrogen and oxygen atoms in total. The third-order valence-corrected chi connectivity index (χ3v) is 3.65. The van der Waals surface area contributed by atoms with Gasteiger partial charge in [0, 0.05) is 11.0 Å². The fraction of sp³-hybridized carbons (Fsp3) is 0.294. The Morgan fingerprint density at radius 1 is 1.00 bits per heavy atom. The van der Waals surface area contributed by atoms with E-state index >= 15 is 0 Å². The van der Waals surface area contributed by atoms with E-state index in [4.69, 9.17) is 0 Å². The maximum Gasteiger partial charge on any atom is 0.491 e. The Bertz CT molecular complexity index is 585. The molecule has 0 aromatic heterocycles. The van der Waals surface area contributed by atoms with E-state index in [1.54, 1.807) is 6.07 Å². The monoisotopic (exact) mass is 286 g/mol. The van der Waals surface area contributed by atoms with E-state index in [0.717, 1.165) is 36.8 Å². The molecule has 0 fully saturated rings. The Balaban J connectivity index is 2.48. The average molecular weight is 286 g/mol. The third kappa shape index (κ3) is 3.71. The quantitative estimate of drug-likeness (QED) is 0.633. The summed E-state index contributed by atoms with van der Waals surface area (Å²) >= 11 is 0. The lowest BCUT2D eigenvalue weighted by atomic mass is 9.77. The molecule has 4 heteroatoms. The van der Waals surface area contributed by atoms with Gasteiger partial charge in [-0.2, -0.15) is 0 Å². The number of hydrogen-bond donors (Lipinski definition) is 2. The Morgan fingerprint density at radius 2 is 1.71 bits per heavy atom. The first-order valence-corrected chi connectivity index (χ1v) is 7.38. The maximum absolute atomic E-state index is 14.7. The molecule has 110 valence electrons. The number of rotatable bonds is 6. The van der Waals surface area contributed by atoms with Crippen molar-refractivity contribution in [2.24, 2.45) is 0 Å². The first kappa shape index (κ1) is 15.7. The summed E-state index contributed by atoms with van der Waals surface area (Å²) in [7, 11) is -1.79. The van der Waals surface area contributed by atoms with Crippen LogP contribution in [0.1, 0.15) is 31.7 Å². The SMILES string of the molecule is CCCCCc1ccc(B(O)O)c(F)c1-c1ccccc1. The molecule has 0 saturated carbocycles. The van der Waals surface area contributed by atoms with Crippen molar-refractivity contribution < 1.29 is 14.4 Å². The van der Waals surface area contributed by atoms with E-state index in [2.05, 4.69) is 6.92 Å². The highest BCUT2D eigenvalue weighted by molar-refractivity contribution is 6.58. The highest BCUT2D eigenvalue weighted by atomic mass is 19.1. The Labute approximate surface area is 125 Å². The smallest absolute Gasteiger partial charge is 0.423 e. The molecule has 0 unspecified atom stereocenters. The zero-order valence-electron chi connectivity index (χ0n) is 12.2. The van der Waals surface area contributed by atoms with Gasteiger partial charge in [0.2, 0.25) is 0 Å². The van der Waals surface area contributed by atoms with Crippen LogP contribution in [0.5, 0.6) is 0 Å².